The number of carbonyl (C=O) groups excluding carboxylic acids is 1. The minimum atomic E-state index is -2.63. The summed E-state index contributed by atoms with van der Waals surface area (Å²) in [6.07, 6.45) is 3.74. The molecule has 1 saturated heterocycles. The third kappa shape index (κ3) is 6.60. The van der Waals surface area contributed by atoms with Crippen molar-refractivity contribution in [3.8, 4) is 0 Å². The van der Waals surface area contributed by atoms with Crippen LogP contribution >= 0.6 is 23.2 Å². The van der Waals surface area contributed by atoms with Gasteiger partial charge in [0.1, 0.15) is 0 Å². The van der Waals surface area contributed by atoms with Crippen molar-refractivity contribution in [2.75, 3.05) is 6.54 Å². The SMILES string of the molecule is CCC1CC(c2cccc(Cl)c2)C(c2ccc(Cl)cc2)N(CCC2CC2O[Si](c2ccccc2)(c2ccccc2)C(C)(C)C)C1=O. The van der Waals surface area contributed by atoms with Gasteiger partial charge >= 0.3 is 0 Å². The Kier molecular flexibility index (Phi) is 9.82. The summed E-state index contributed by atoms with van der Waals surface area (Å²) in [7, 11) is -2.63. The van der Waals surface area contributed by atoms with Crippen LogP contribution in [0.1, 0.15) is 76.5 Å². The van der Waals surface area contributed by atoms with E-state index in [2.05, 4.69) is 118 Å². The zero-order valence-corrected chi connectivity index (χ0v) is 29.8. The van der Waals surface area contributed by atoms with Crippen LogP contribution in [0.15, 0.2) is 109 Å². The average molecular weight is 671 g/mol. The molecule has 0 radical (unpaired) electrons. The lowest BCUT2D eigenvalue weighted by Gasteiger charge is -2.45. The fraction of sp³-hybridized carbons (Fsp3) is 0.375. The van der Waals surface area contributed by atoms with Crippen molar-refractivity contribution < 1.29 is 9.22 Å². The van der Waals surface area contributed by atoms with Gasteiger partial charge in [0.2, 0.25) is 5.91 Å². The summed E-state index contributed by atoms with van der Waals surface area (Å²) in [5, 5.41) is 3.98. The molecule has 0 spiro atoms. The van der Waals surface area contributed by atoms with Gasteiger partial charge in [0, 0.05) is 34.5 Å². The molecule has 1 aliphatic heterocycles. The number of benzene rings is 4. The molecule has 2 aliphatic rings. The second kappa shape index (κ2) is 13.7. The second-order valence-electron chi connectivity index (χ2n) is 14.1. The van der Waals surface area contributed by atoms with Gasteiger partial charge in [-0.3, -0.25) is 4.79 Å². The number of carbonyl (C=O) groups is 1. The van der Waals surface area contributed by atoms with E-state index in [9.17, 15) is 4.79 Å². The first kappa shape index (κ1) is 33.0. The number of rotatable bonds is 10. The summed E-state index contributed by atoms with van der Waals surface area (Å²) in [6, 6.07) is 37.9. The maximum atomic E-state index is 14.1. The largest absolute Gasteiger partial charge is 0.404 e. The van der Waals surface area contributed by atoms with Gasteiger partial charge in [-0.1, -0.05) is 136 Å². The van der Waals surface area contributed by atoms with Crippen LogP contribution in [-0.2, 0) is 9.22 Å². The minimum Gasteiger partial charge on any atom is -0.404 e. The number of hydrogen-bond donors (Lipinski definition) is 0. The highest BCUT2D eigenvalue weighted by Crippen LogP contribution is 2.49. The van der Waals surface area contributed by atoms with Crippen LogP contribution in [0, 0.1) is 11.8 Å². The van der Waals surface area contributed by atoms with Gasteiger partial charge in [-0.2, -0.15) is 0 Å². The van der Waals surface area contributed by atoms with Crippen molar-refractivity contribution in [1.82, 2.24) is 4.90 Å². The van der Waals surface area contributed by atoms with Gasteiger partial charge in [0.15, 0.2) is 0 Å². The standard InChI is InChI=1S/C40H45Cl2NO2Si/c1-5-28-26-36(30-13-12-14-33(42)25-30)38(29-19-21-32(41)22-20-29)43(39(28)44)24-23-31-27-37(31)45-46(40(2,3)4,34-15-8-6-9-16-34)35-17-10-7-11-18-35/h6-22,25,28,31,36-38H,5,23-24,26-27H2,1-4H3. The molecule has 46 heavy (non-hydrogen) atoms. The Balaban J connectivity index is 1.28. The maximum absolute atomic E-state index is 14.1. The van der Waals surface area contributed by atoms with E-state index < -0.39 is 8.32 Å². The molecule has 240 valence electrons. The van der Waals surface area contributed by atoms with Gasteiger partial charge in [-0.15, -0.1) is 0 Å². The van der Waals surface area contributed by atoms with E-state index in [-0.39, 0.29) is 34.9 Å². The molecule has 1 aliphatic carbocycles. The van der Waals surface area contributed by atoms with Gasteiger partial charge in [0.25, 0.3) is 8.32 Å². The van der Waals surface area contributed by atoms with Crippen molar-refractivity contribution in [2.45, 2.75) is 76.5 Å². The highest BCUT2D eigenvalue weighted by molar-refractivity contribution is 6.99. The fourth-order valence-corrected chi connectivity index (χ4v) is 12.8. The molecular weight excluding hydrogens is 625 g/mol. The van der Waals surface area contributed by atoms with Gasteiger partial charge < -0.3 is 9.33 Å². The Bertz CT molecular complexity index is 1580. The predicted octanol–water partition coefficient (Wildman–Crippen LogP) is 9.43. The fourth-order valence-electron chi connectivity index (χ4n) is 7.73. The number of likely N-dealkylation sites (tertiary alicyclic amines) is 1. The summed E-state index contributed by atoms with van der Waals surface area (Å²) < 4.78 is 7.44. The summed E-state index contributed by atoms with van der Waals surface area (Å²) in [5.74, 6) is 0.791. The Labute approximate surface area is 286 Å². The Morgan fingerprint density at radius 3 is 1.98 bits per heavy atom. The van der Waals surface area contributed by atoms with E-state index in [0.717, 1.165) is 36.3 Å². The lowest BCUT2D eigenvalue weighted by Crippen LogP contribution is -2.67. The van der Waals surface area contributed by atoms with Gasteiger partial charge in [-0.25, -0.2) is 0 Å². The molecule has 0 aromatic heterocycles. The molecule has 1 heterocycles. The Hall–Kier alpha value is -2.89. The van der Waals surface area contributed by atoms with Crippen LogP contribution in [-0.4, -0.2) is 31.8 Å². The Morgan fingerprint density at radius 1 is 0.783 bits per heavy atom. The third-order valence-electron chi connectivity index (χ3n) is 10.2. The van der Waals surface area contributed by atoms with Crippen molar-refractivity contribution >= 4 is 47.8 Å². The molecule has 5 unspecified atom stereocenters. The first-order chi connectivity index (χ1) is 22.1. The van der Waals surface area contributed by atoms with E-state index in [1.807, 2.05) is 24.3 Å². The quantitative estimate of drug-likeness (QED) is 0.157. The van der Waals surface area contributed by atoms with Crippen LogP contribution in [0.5, 0.6) is 0 Å². The highest BCUT2D eigenvalue weighted by Gasteiger charge is 2.55. The van der Waals surface area contributed by atoms with Crippen molar-refractivity contribution in [3.63, 3.8) is 0 Å². The van der Waals surface area contributed by atoms with E-state index >= 15 is 0 Å². The number of hydrogen-bond acceptors (Lipinski definition) is 2. The molecule has 0 bridgehead atoms. The molecular formula is C40H45Cl2NO2Si. The topological polar surface area (TPSA) is 29.5 Å². The first-order valence-electron chi connectivity index (χ1n) is 16.7. The van der Waals surface area contributed by atoms with Crippen LogP contribution in [0.2, 0.25) is 15.1 Å². The summed E-state index contributed by atoms with van der Waals surface area (Å²) in [6.45, 7) is 9.83. The minimum absolute atomic E-state index is 0.0177. The highest BCUT2D eigenvalue weighted by atomic mass is 35.5. The molecule has 3 nitrogen and oxygen atoms in total. The monoisotopic (exact) mass is 669 g/mol. The van der Waals surface area contributed by atoms with Crippen LogP contribution in [0.3, 0.4) is 0 Å². The molecule has 4 aromatic carbocycles. The molecule has 1 amide bonds. The van der Waals surface area contributed by atoms with Crippen LogP contribution in [0.4, 0.5) is 0 Å². The number of halogens is 2. The van der Waals surface area contributed by atoms with Crippen LogP contribution < -0.4 is 10.4 Å². The summed E-state index contributed by atoms with van der Waals surface area (Å²) in [4.78, 5) is 16.3. The smallest absolute Gasteiger partial charge is 0.261 e. The summed E-state index contributed by atoms with van der Waals surface area (Å²) in [5.41, 5.74) is 2.30. The average Bonchev–Trinajstić information content (AvgIpc) is 3.81. The van der Waals surface area contributed by atoms with Gasteiger partial charge in [-0.05, 0) is 82.4 Å². The van der Waals surface area contributed by atoms with E-state index in [0.29, 0.717) is 17.5 Å². The molecule has 4 aromatic rings. The third-order valence-corrected chi connectivity index (χ3v) is 15.8. The molecule has 6 heteroatoms. The molecule has 6 rings (SSSR count). The van der Waals surface area contributed by atoms with Gasteiger partial charge in [0.05, 0.1) is 6.04 Å². The first-order valence-corrected chi connectivity index (χ1v) is 19.4. The normalized spacial score (nSPS) is 23.4. The van der Waals surface area contributed by atoms with Crippen molar-refractivity contribution in [2.24, 2.45) is 11.8 Å². The molecule has 1 saturated carbocycles. The zero-order chi connectivity index (χ0) is 32.5. The Morgan fingerprint density at radius 2 is 1.41 bits per heavy atom. The lowest BCUT2D eigenvalue weighted by atomic mass is 9.75. The lowest BCUT2D eigenvalue weighted by molar-refractivity contribution is -0.143. The number of amides is 1. The van der Waals surface area contributed by atoms with E-state index in [1.165, 1.54) is 15.9 Å². The maximum Gasteiger partial charge on any atom is 0.261 e. The van der Waals surface area contributed by atoms with Crippen molar-refractivity contribution in [1.29, 1.82) is 0 Å². The summed E-state index contributed by atoms with van der Waals surface area (Å²) >= 11 is 12.8. The predicted molar refractivity (Wildman–Crippen MR) is 194 cm³/mol. The van der Waals surface area contributed by atoms with E-state index in [4.69, 9.17) is 27.6 Å². The number of nitrogens with zero attached hydrogens (tertiary/aromatic N) is 1. The zero-order valence-electron chi connectivity index (χ0n) is 27.3. The van der Waals surface area contributed by atoms with Crippen LogP contribution in [0.25, 0.3) is 0 Å². The number of piperidine rings is 1. The molecule has 0 N–H and O–H groups in total. The second-order valence-corrected chi connectivity index (χ2v) is 19.3. The van der Waals surface area contributed by atoms with E-state index in [1.54, 1.807) is 0 Å². The molecule has 2 fully saturated rings. The molecule has 5 atom stereocenters. The van der Waals surface area contributed by atoms with Crippen molar-refractivity contribution in [3.05, 3.63) is 130 Å².